The Morgan fingerprint density at radius 2 is 1.64 bits per heavy atom. The van der Waals surface area contributed by atoms with Crippen LogP contribution in [0, 0.1) is 35.5 Å². The van der Waals surface area contributed by atoms with Gasteiger partial charge in [-0.3, -0.25) is 14.4 Å². The summed E-state index contributed by atoms with van der Waals surface area (Å²) in [7, 11) is 1.68. The van der Waals surface area contributed by atoms with Gasteiger partial charge in [0.25, 0.3) is 0 Å². The van der Waals surface area contributed by atoms with Crippen LogP contribution in [0.5, 0.6) is 5.75 Å². The van der Waals surface area contributed by atoms with Crippen molar-refractivity contribution in [2.45, 2.75) is 78.3 Å². The molecule has 4 saturated carbocycles. The predicted octanol–water partition coefficient (Wildman–Crippen LogP) is 5.18. The Kier molecular flexibility index (Phi) is 8.04. The SMILES string of the molecule is COC(=C1C2CC3CC(C2)CC1C3)c1cc(O[C@@H]2OC(COC(C)=O)[C@H](C)[C@H](C)C2OC(C)=O)ccc1C=O. The van der Waals surface area contributed by atoms with Crippen LogP contribution in [0.15, 0.2) is 23.8 Å². The summed E-state index contributed by atoms with van der Waals surface area (Å²) in [6.45, 7) is 6.74. The van der Waals surface area contributed by atoms with Crippen LogP contribution in [0.1, 0.15) is 75.7 Å². The third-order valence-electron chi connectivity index (χ3n) is 9.40. The van der Waals surface area contributed by atoms with Gasteiger partial charge in [-0.05, 0) is 85.5 Å². The first-order valence-electron chi connectivity index (χ1n) is 14.2. The number of rotatable bonds is 8. The number of benzene rings is 1. The molecule has 6 rings (SSSR count). The van der Waals surface area contributed by atoms with Gasteiger partial charge in [0.15, 0.2) is 12.4 Å². The lowest BCUT2D eigenvalue weighted by atomic mass is 9.54. The van der Waals surface area contributed by atoms with Crippen molar-refractivity contribution in [1.82, 2.24) is 0 Å². The minimum absolute atomic E-state index is 0.0525. The van der Waals surface area contributed by atoms with Crippen molar-refractivity contribution in [2.24, 2.45) is 35.5 Å². The number of hydrogen-bond acceptors (Lipinski definition) is 8. The van der Waals surface area contributed by atoms with Gasteiger partial charge >= 0.3 is 11.9 Å². The number of aldehydes is 1. The molecule has 5 fully saturated rings. The molecule has 0 N–H and O–H groups in total. The highest BCUT2D eigenvalue weighted by Gasteiger charge is 2.47. The molecule has 0 aromatic heterocycles. The Labute approximate surface area is 230 Å². The predicted molar refractivity (Wildman–Crippen MR) is 143 cm³/mol. The zero-order valence-corrected chi connectivity index (χ0v) is 23.5. The van der Waals surface area contributed by atoms with Gasteiger partial charge in [0.1, 0.15) is 18.1 Å². The average Bonchev–Trinajstić information content (AvgIpc) is 2.89. The number of allylic oxidation sites excluding steroid dienone is 1. The molecule has 0 spiro atoms. The third kappa shape index (κ3) is 5.58. The molecule has 1 aromatic rings. The zero-order valence-electron chi connectivity index (χ0n) is 23.5. The lowest BCUT2D eigenvalue weighted by molar-refractivity contribution is -0.253. The van der Waals surface area contributed by atoms with E-state index >= 15 is 0 Å². The molecule has 1 aliphatic heterocycles. The van der Waals surface area contributed by atoms with Crippen LogP contribution in [-0.2, 0) is 28.5 Å². The van der Waals surface area contributed by atoms with Gasteiger partial charge in [0.05, 0.1) is 13.2 Å². The minimum Gasteiger partial charge on any atom is -0.496 e. The molecule has 0 radical (unpaired) electrons. The summed E-state index contributed by atoms with van der Waals surface area (Å²) >= 11 is 0. The summed E-state index contributed by atoms with van der Waals surface area (Å²) < 4.78 is 29.5. The fourth-order valence-corrected chi connectivity index (χ4v) is 7.59. The molecular weight excluding hydrogens is 500 g/mol. The van der Waals surface area contributed by atoms with Gasteiger partial charge in [0.2, 0.25) is 6.29 Å². The number of esters is 2. The van der Waals surface area contributed by atoms with Gasteiger partial charge in [-0.2, -0.15) is 0 Å². The maximum absolute atomic E-state index is 12.1. The molecule has 5 atom stereocenters. The highest BCUT2D eigenvalue weighted by Crippen LogP contribution is 2.58. The summed E-state index contributed by atoms with van der Waals surface area (Å²) in [6, 6.07) is 5.29. The summed E-state index contributed by atoms with van der Waals surface area (Å²) in [6.07, 6.45) is 4.98. The Bertz CT molecular complexity index is 1110. The molecule has 4 bridgehead atoms. The highest BCUT2D eigenvalue weighted by atomic mass is 16.7. The van der Waals surface area contributed by atoms with Gasteiger partial charge < -0.3 is 23.7 Å². The van der Waals surface area contributed by atoms with Crippen molar-refractivity contribution in [3.8, 4) is 5.75 Å². The molecule has 39 heavy (non-hydrogen) atoms. The molecule has 0 amide bonds. The van der Waals surface area contributed by atoms with E-state index < -0.39 is 30.4 Å². The van der Waals surface area contributed by atoms with E-state index in [9.17, 15) is 14.4 Å². The average molecular weight is 541 g/mol. The molecule has 1 saturated heterocycles. The topological polar surface area (TPSA) is 97.4 Å². The maximum atomic E-state index is 12.1. The maximum Gasteiger partial charge on any atom is 0.303 e. The normalized spacial score (nSPS) is 34.8. The summed E-state index contributed by atoms with van der Waals surface area (Å²) in [5.74, 6) is 2.88. The highest BCUT2D eigenvalue weighted by molar-refractivity contribution is 5.85. The second-order valence-electron chi connectivity index (χ2n) is 11.9. The largest absolute Gasteiger partial charge is 0.496 e. The van der Waals surface area contributed by atoms with Crippen molar-refractivity contribution in [3.63, 3.8) is 0 Å². The van der Waals surface area contributed by atoms with E-state index in [0.29, 0.717) is 28.7 Å². The summed E-state index contributed by atoms with van der Waals surface area (Å²) in [5.41, 5.74) is 2.60. The number of hydrogen-bond donors (Lipinski definition) is 0. The first-order chi connectivity index (χ1) is 18.7. The molecule has 1 heterocycles. The standard InChI is InChI=1S/C31H40O8/c1-16-17(2)29(37-19(4)34)31(39-27(16)15-36-18(3)33)38-25-7-6-22(14-32)26(13-25)30(35-5)28-23-9-20-8-21(11-23)12-24(28)10-20/h6-7,13-14,16-17,20-21,23-24,27,29,31H,8-12,15H2,1-5H3/t16-,17+,20?,21?,23?,24?,27?,29?,31-/m1/s1. The van der Waals surface area contributed by atoms with E-state index in [0.717, 1.165) is 23.9 Å². The van der Waals surface area contributed by atoms with Gasteiger partial charge in [-0.25, -0.2) is 0 Å². The molecule has 8 heteroatoms. The zero-order chi connectivity index (χ0) is 27.8. The van der Waals surface area contributed by atoms with Crippen molar-refractivity contribution < 1.29 is 38.1 Å². The smallest absolute Gasteiger partial charge is 0.303 e. The summed E-state index contributed by atoms with van der Waals surface area (Å²) in [5, 5.41) is 0. The van der Waals surface area contributed by atoms with Gasteiger partial charge in [-0.1, -0.05) is 13.8 Å². The van der Waals surface area contributed by atoms with Gasteiger partial charge in [-0.15, -0.1) is 0 Å². The van der Waals surface area contributed by atoms with E-state index in [1.54, 1.807) is 19.2 Å². The molecule has 1 aromatic carbocycles. The Balaban J connectivity index is 1.46. The van der Waals surface area contributed by atoms with Gasteiger partial charge in [0, 0.05) is 30.9 Å². The molecule has 5 aliphatic rings. The van der Waals surface area contributed by atoms with Crippen LogP contribution in [0.25, 0.3) is 5.76 Å². The lowest BCUT2D eigenvalue weighted by Crippen LogP contribution is -2.54. The lowest BCUT2D eigenvalue weighted by Gasteiger charge is -2.51. The summed E-state index contributed by atoms with van der Waals surface area (Å²) in [4.78, 5) is 35.5. The second kappa shape index (κ2) is 11.3. The van der Waals surface area contributed by atoms with E-state index in [1.807, 2.05) is 19.9 Å². The van der Waals surface area contributed by atoms with E-state index in [4.69, 9.17) is 23.7 Å². The van der Waals surface area contributed by atoms with E-state index in [1.165, 1.54) is 51.5 Å². The Morgan fingerprint density at radius 3 is 2.21 bits per heavy atom. The van der Waals surface area contributed by atoms with E-state index in [-0.39, 0.29) is 18.4 Å². The quantitative estimate of drug-likeness (QED) is 0.253. The molecule has 2 unspecified atom stereocenters. The second-order valence-corrected chi connectivity index (χ2v) is 11.9. The van der Waals surface area contributed by atoms with Crippen LogP contribution in [-0.4, -0.2) is 50.4 Å². The van der Waals surface area contributed by atoms with Crippen LogP contribution >= 0.6 is 0 Å². The van der Waals surface area contributed by atoms with Crippen molar-refractivity contribution in [1.29, 1.82) is 0 Å². The monoisotopic (exact) mass is 540 g/mol. The fraction of sp³-hybridized carbons (Fsp3) is 0.645. The van der Waals surface area contributed by atoms with Crippen molar-refractivity contribution >= 4 is 24.0 Å². The van der Waals surface area contributed by atoms with Crippen LogP contribution in [0.4, 0.5) is 0 Å². The first-order valence-corrected chi connectivity index (χ1v) is 14.2. The van der Waals surface area contributed by atoms with Crippen LogP contribution in [0.3, 0.4) is 0 Å². The third-order valence-corrected chi connectivity index (χ3v) is 9.40. The van der Waals surface area contributed by atoms with Crippen LogP contribution < -0.4 is 4.74 Å². The number of ether oxygens (including phenoxy) is 5. The van der Waals surface area contributed by atoms with Crippen LogP contribution in [0.2, 0.25) is 0 Å². The Morgan fingerprint density at radius 1 is 0.974 bits per heavy atom. The number of carbonyl (C=O) groups excluding carboxylic acids is 3. The molecular formula is C31H40O8. The molecule has 8 nitrogen and oxygen atoms in total. The Hall–Kier alpha value is -2.87. The molecule has 4 aliphatic carbocycles. The number of carbonyl (C=O) groups is 3. The van der Waals surface area contributed by atoms with Crippen molar-refractivity contribution in [2.75, 3.05) is 13.7 Å². The minimum atomic E-state index is -0.921. The van der Waals surface area contributed by atoms with Crippen molar-refractivity contribution in [3.05, 3.63) is 34.9 Å². The number of methoxy groups -OCH3 is 1. The van der Waals surface area contributed by atoms with E-state index in [2.05, 4.69) is 0 Å². The molecule has 212 valence electrons. The first kappa shape index (κ1) is 27.7. The fourth-order valence-electron chi connectivity index (χ4n) is 7.59.